The van der Waals surface area contributed by atoms with Crippen molar-refractivity contribution in [2.45, 2.75) is 25.4 Å². The normalized spacial score (nSPS) is 16.5. The van der Waals surface area contributed by atoms with Crippen molar-refractivity contribution in [3.63, 3.8) is 0 Å². The molecule has 0 unspecified atom stereocenters. The van der Waals surface area contributed by atoms with E-state index in [2.05, 4.69) is 19.6 Å². The highest BCUT2D eigenvalue weighted by atomic mass is 28.3. The van der Waals surface area contributed by atoms with E-state index in [1.807, 2.05) is 18.2 Å². The molecular weight excluding hydrogens is 208 g/mol. The van der Waals surface area contributed by atoms with Crippen LogP contribution in [-0.4, -0.2) is 20.0 Å². The van der Waals surface area contributed by atoms with Gasteiger partial charge in [0.1, 0.15) is 0 Å². The molecule has 1 atom stereocenters. The molecule has 1 aromatic rings. The van der Waals surface area contributed by atoms with Crippen molar-refractivity contribution in [3.8, 4) is 11.5 Å². The van der Waals surface area contributed by atoms with Crippen molar-refractivity contribution in [2.75, 3.05) is 6.79 Å². The molecule has 3 nitrogen and oxygen atoms in total. The molecule has 0 radical (unpaired) electrons. The largest absolute Gasteiger partial charge is 0.454 e. The van der Waals surface area contributed by atoms with Crippen LogP contribution in [0.25, 0.3) is 0 Å². The summed E-state index contributed by atoms with van der Waals surface area (Å²) >= 11 is 0. The van der Waals surface area contributed by atoms with E-state index in [0.29, 0.717) is 0 Å². The van der Waals surface area contributed by atoms with Crippen LogP contribution in [0.2, 0.25) is 19.6 Å². The van der Waals surface area contributed by atoms with Crippen molar-refractivity contribution < 1.29 is 14.6 Å². The zero-order chi connectivity index (χ0) is 11.1. The van der Waals surface area contributed by atoms with E-state index in [4.69, 9.17) is 9.47 Å². The molecule has 0 saturated carbocycles. The standard InChI is InChI=1S/C11H16O3Si/c1-15(2,3)11(12)8-4-5-9-10(6-8)14-7-13-9/h4-6,11-12H,7H2,1-3H3/t11-/m0/s1. The second-order valence-electron chi connectivity index (χ2n) is 4.88. The monoisotopic (exact) mass is 224 g/mol. The summed E-state index contributed by atoms with van der Waals surface area (Å²) in [6.45, 7) is 6.70. The molecular formula is C11H16O3Si. The van der Waals surface area contributed by atoms with Gasteiger partial charge in [0, 0.05) is 0 Å². The van der Waals surface area contributed by atoms with Crippen molar-refractivity contribution in [3.05, 3.63) is 23.8 Å². The molecule has 1 aliphatic heterocycles. The van der Waals surface area contributed by atoms with Gasteiger partial charge in [-0.25, -0.2) is 0 Å². The Bertz CT molecular complexity index is 371. The smallest absolute Gasteiger partial charge is 0.231 e. The van der Waals surface area contributed by atoms with Gasteiger partial charge in [-0.3, -0.25) is 0 Å². The first-order chi connectivity index (χ1) is 6.98. The van der Waals surface area contributed by atoms with Crippen LogP contribution in [0.15, 0.2) is 18.2 Å². The number of fused-ring (bicyclic) bond motifs is 1. The molecule has 4 heteroatoms. The Balaban J connectivity index is 2.31. The van der Waals surface area contributed by atoms with Crippen molar-refractivity contribution in [2.24, 2.45) is 0 Å². The van der Waals surface area contributed by atoms with E-state index in [1.54, 1.807) is 0 Å². The molecule has 0 aliphatic carbocycles. The zero-order valence-electron chi connectivity index (χ0n) is 9.28. The molecule has 1 aromatic carbocycles. The minimum Gasteiger partial charge on any atom is -0.454 e. The van der Waals surface area contributed by atoms with Gasteiger partial charge in [0.15, 0.2) is 11.5 Å². The van der Waals surface area contributed by atoms with Crippen molar-refractivity contribution in [1.82, 2.24) is 0 Å². The third-order valence-electron chi connectivity index (χ3n) is 2.53. The molecule has 15 heavy (non-hydrogen) atoms. The van der Waals surface area contributed by atoms with Crippen molar-refractivity contribution >= 4 is 8.07 Å². The SMILES string of the molecule is C[Si](C)(C)[C@H](O)c1ccc2c(c1)OCO2. The van der Waals surface area contributed by atoms with Crippen LogP contribution in [0.3, 0.4) is 0 Å². The van der Waals surface area contributed by atoms with Gasteiger partial charge in [-0.1, -0.05) is 25.7 Å². The minimum absolute atomic E-state index is 0.280. The fraction of sp³-hybridized carbons (Fsp3) is 0.455. The number of hydrogen-bond acceptors (Lipinski definition) is 3. The molecule has 1 aliphatic rings. The minimum atomic E-state index is -1.57. The van der Waals surface area contributed by atoms with Gasteiger partial charge in [0.2, 0.25) is 6.79 Å². The Morgan fingerprint density at radius 3 is 2.53 bits per heavy atom. The van der Waals surface area contributed by atoms with Crippen molar-refractivity contribution in [1.29, 1.82) is 0 Å². The average Bonchev–Trinajstić information content (AvgIpc) is 2.61. The van der Waals surface area contributed by atoms with E-state index in [-0.39, 0.29) is 12.5 Å². The van der Waals surface area contributed by atoms with Gasteiger partial charge in [0.05, 0.1) is 13.8 Å². The third kappa shape index (κ3) is 2.01. The summed E-state index contributed by atoms with van der Waals surface area (Å²) in [6, 6.07) is 5.66. The van der Waals surface area contributed by atoms with Crippen LogP contribution in [-0.2, 0) is 0 Å². The fourth-order valence-corrected chi connectivity index (χ4v) is 2.76. The first kappa shape index (κ1) is 10.5. The molecule has 82 valence electrons. The van der Waals surface area contributed by atoms with E-state index >= 15 is 0 Å². The van der Waals surface area contributed by atoms with Crippen LogP contribution >= 0.6 is 0 Å². The van der Waals surface area contributed by atoms with Crippen LogP contribution in [0.4, 0.5) is 0 Å². The first-order valence-corrected chi connectivity index (χ1v) is 8.64. The Hall–Kier alpha value is -1.00. The predicted molar refractivity (Wildman–Crippen MR) is 60.9 cm³/mol. The first-order valence-electron chi connectivity index (χ1n) is 5.06. The lowest BCUT2D eigenvalue weighted by Crippen LogP contribution is -2.30. The summed E-state index contributed by atoms with van der Waals surface area (Å²) in [7, 11) is -1.57. The van der Waals surface area contributed by atoms with E-state index in [1.165, 1.54) is 0 Å². The lowest BCUT2D eigenvalue weighted by molar-refractivity contribution is 0.173. The zero-order valence-corrected chi connectivity index (χ0v) is 10.3. The second-order valence-corrected chi connectivity index (χ2v) is 10.2. The Kier molecular flexibility index (Phi) is 2.48. The van der Waals surface area contributed by atoms with Crippen LogP contribution in [0.5, 0.6) is 11.5 Å². The molecule has 0 aromatic heterocycles. The van der Waals surface area contributed by atoms with Gasteiger partial charge in [0.25, 0.3) is 0 Å². The van der Waals surface area contributed by atoms with Crippen LogP contribution in [0, 0.1) is 0 Å². The maximum Gasteiger partial charge on any atom is 0.231 e. The predicted octanol–water partition coefficient (Wildman–Crippen LogP) is 2.33. The number of ether oxygens (including phenoxy) is 2. The lowest BCUT2D eigenvalue weighted by atomic mass is 10.2. The van der Waals surface area contributed by atoms with Gasteiger partial charge in [-0.2, -0.15) is 0 Å². The molecule has 2 rings (SSSR count). The molecule has 0 fully saturated rings. The van der Waals surface area contributed by atoms with Gasteiger partial charge in [-0.15, -0.1) is 0 Å². The van der Waals surface area contributed by atoms with Crippen LogP contribution in [0.1, 0.15) is 11.3 Å². The third-order valence-corrected chi connectivity index (χ3v) is 4.51. The molecule has 1 heterocycles. The lowest BCUT2D eigenvalue weighted by Gasteiger charge is -2.24. The fourth-order valence-electron chi connectivity index (χ4n) is 1.58. The topological polar surface area (TPSA) is 38.7 Å². The molecule has 0 bridgehead atoms. The number of hydrogen-bond donors (Lipinski definition) is 1. The van der Waals surface area contributed by atoms with E-state index in [0.717, 1.165) is 17.1 Å². The summed E-state index contributed by atoms with van der Waals surface area (Å²) in [5.41, 5.74) is 0.574. The Morgan fingerprint density at radius 1 is 1.20 bits per heavy atom. The maximum absolute atomic E-state index is 10.2. The number of aliphatic hydroxyl groups is 1. The maximum atomic E-state index is 10.2. The molecule has 0 spiro atoms. The number of benzene rings is 1. The number of aliphatic hydroxyl groups excluding tert-OH is 1. The van der Waals surface area contributed by atoms with E-state index < -0.39 is 8.07 Å². The summed E-state index contributed by atoms with van der Waals surface area (Å²) in [5.74, 6) is 1.51. The molecule has 0 saturated heterocycles. The highest BCUT2D eigenvalue weighted by molar-refractivity contribution is 6.77. The quantitative estimate of drug-likeness (QED) is 0.784. The summed E-state index contributed by atoms with van der Waals surface area (Å²) in [5, 5.41) is 10.2. The second kappa shape index (κ2) is 3.54. The van der Waals surface area contributed by atoms with Gasteiger partial charge < -0.3 is 14.6 Å². The molecule has 1 N–H and O–H groups in total. The van der Waals surface area contributed by atoms with E-state index in [9.17, 15) is 5.11 Å². The summed E-state index contributed by atoms with van der Waals surface area (Å²) in [4.78, 5) is 0. The Morgan fingerprint density at radius 2 is 1.87 bits per heavy atom. The summed E-state index contributed by atoms with van der Waals surface area (Å²) in [6.07, 6.45) is 0. The average molecular weight is 224 g/mol. The van der Waals surface area contributed by atoms with Crippen LogP contribution < -0.4 is 9.47 Å². The number of rotatable bonds is 2. The van der Waals surface area contributed by atoms with Gasteiger partial charge >= 0.3 is 0 Å². The highest BCUT2D eigenvalue weighted by Gasteiger charge is 2.27. The van der Waals surface area contributed by atoms with Gasteiger partial charge in [-0.05, 0) is 17.7 Å². The Labute approximate surface area is 90.7 Å². The highest BCUT2D eigenvalue weighted by Crippen LogP contribution is 2.35. The molecule has 0 amide bonds. The summed E-state index contributed by atoms with van der Waals surface area (Å²) < 4.78 is 10.5.